The number of carboxylic acids is 1. The average Bonchev–Trinajstić information content (AvgIpc) is 2.87. The fourth-order valence-electron chi connectivity index (χ4n) is 2.13. The zero-order valence-corrected chi connectivity index (χ0v) is 13.8. The molecule has 8 heteroatoms. The van der Waals surface area contributed by atoms with Crippen LogP contribution in [0.25, 0.3) is 5.69 Å². The number of carbonyl (C=O) groups is 2. The minimum Gasteiger partial charge on any atom is -0.481 e. The summed E-state index contributed by atoms with van der Waals surface area (Å²) in [5.41, 5.74) is 1.44. The molecule has 0 aliphatic carbocycles. The van der Waals surface area contributed by atoms with Gasteiger partial charge in [-0.15, -0.1) is 5.10 Å². The number of rotatable bonds is 5. The van der Waals surface area contributed by atoms with Crippen LogP contribution in [0.4, 0.5) is 0 Å². The van der Waals surface area contributed by atoms with E-state index in [-0.39, 0.29) is 18.1 Å². The number of hydrogen-bond donors (Lipinski definition) is 1. The third-order valence-electron chi connectivity index (χ3n) is 3.47. The van der Waals surface area contributed by atoms with Gasteiger partial charge in [0.2, 0.25) is 0 Å². The normalized spacial score (nSPS) is 12.0. The lowest BCUT2D eigenvalue weighted by Gasteiger charge is -2.18. The molecular weight excluding hydrogens is 320 g/mol. The Bertz CT molecular complexity index is 744. The first-order valence-corrected chi connectivity index (χ1v) is 7.35. The van der Waals surface area contributed by atoms with Crippen molar-refractivity contribution in [2.45, 2.75) is 13.8 Å². The maximum Gasteiger partial charge on any atom is 0.308 e. The summed E-state index contributed by atoms with van der Waals surface area (Å²) in [4.78, 5) is 24.7. The molecule has 0 fully saturated rings. The number of aliphatic carboxylic acids is 1. The molecule has 0 saturated heterocycles. The first-order chi connectivity index (χ1) is 10.8. The molecule has 2 aromatic rings. The lowest BCUT2D eigenvalue weighted by Crippen LogP contribution is -2.34. The topological polar surface area (TPSA) is 88.3 Å². The Kier molecular flexibility index (Phi) is 5.00. The monoisotopic (exact) mass is 336 g/mol. The van der Waals surface area contributed by atoms with Gasteiger partial charge >= 0.3 is 5.97 Å². The summed E-state index contributed by atoms with van der Waals surface area (Å²) in [7, 11) is 1.54. The maximum atomic E-state index is 12.4. The molecule has 23 heavy (non-hydrogen) atoms. The highest BCUT2D eigenvalue weighted by Gasteiger charge is 2.23. The fraction of sp³-hybridized carbons (Fsp3) is 0.333. The van der Waals surface area contributed by atoms with Crippen molar-refractivity contribution in [3.05, 3.63) is 40.7 Å². The summed E-state index contributed by atoms with van der Waals surface area (Å²) in [6.45, 7) is 3.36. The van der Waals surface area contributed by atoms with Crippen molar-refractivity contribution in [3.8, 4) is 5.69 Å². The highest BCUT2D eigenvalue weighted by molar-refractivity contribution is 6.30. The van der Waals surface area contributed by atoms with Crippen LogP contribution in [-0.2, 0) is 4.79 Å². The van der Waals surface area contributed by atoms with E-state index in [4.69, 9.17) is 16.7 Å². The Labute approximate surface area is 138 Å². The van der Waals surface area contributed by atoms with Gasteiger partial charge in [-0.25, -0.2) is 4.68 Å². The van der Waals surface area contributed by atoms with Crippen molar-refractivity contribution in [2.24, 2.45) is 5.92 Å². The van der Waals surface area contributed by atoms with Gasteiger partial charge in [0, 0.05) is 18.6 Å². The summed E-state index contributed by atoms with van der Waals surface area (Å²) in [6, 6.07) is 7.04. The molecular formula is C15H17ClN4O3. The van der Waals surface area contributed by atoms with E-state index in [1.165, 1.54) is 9.58 Å². The highest BCUT2D eigenvalue weighted by Crippen LogP contribution is 2.17. The number of aromatic nitrogens is 3. The van der Waals surface area contributed by atoms with E-state index in [1.807, 2.05) is 0 Å². The van der Waals surface area contributed by atoms with Crippen LogP contribution in [0, 0.1) is 12.8 Å². The first kappa shape index (κ1) is 17.0. The third kappa shape index (κ3) is 3.68. The average molecular weight is 337 g/mol. The van der Waals surface area contributed by atoms with E-state index in [0.29, 0.717) is 16.4 Å². The van der Waals surface area contributed by atoms with E-state index in [9.17, 15) is 9.59 Å². The summed E-state index contributed by atoms with van der Waals surface area (Å²) < 4.78 is 1.52. The second-order valence-corrected chi connectivity index (χ2v) is 5.78. The van der Waals surface area contributed by atoms with E-state index < -0.39 is 11.9 Å². The molecule has 0 spiro atoms. The summed E-state index contributed by atoms with van der Waals surface area (Å²) in [5.74, 6) is -1.99. The molecule has 0 saturated carbocycles. The SMILES string of the molecule is Cc1c(C(=O)N(C)C[C@@H](C)C(=O)O)nnn1-c1cccc(Cl)c1. The number of halogens is 1. The van der Waals surface area contributed by atoms with Gasteiger partial charge in [-0.3, -0.25) is 9.59 Å². The number of hydrogen-bond acceptors (Lipinski definition) is 4. The molecule has 0 aliphatic rings. The standard InChI is InChI=1S/C15H17ClN4O3/c1-9(15(22)23)8-19(3)14(21)13-10(2)20(18-17-13)12-6-4-5-11(16)7-12/h4-7,9H,8H2,1-3H3,(H,22,23)/t9-/m1/s1. The zero-order chi connectivity index (χ0) is 17.1. The molecule has 2 rings (SSSR count). The Morgan fingerprint density at radius 1 is 1.43 bits per heavy atom. The van der Waals surface area contributed by atoms with Crippen molar-refractivity contribution >= 4 is 23.5 Å². The molecule has 0 bridgehead atoms. The van der Waals surface area contributed by atoms with Crippen LogP contribution in [0.15, 0.2) is 24.3 Å². The minimum absolute atomic E-state index is 0.0949. The predicted octanol–water partition coefficient (Wildman–Crippen LogP) is 2.02. The molecule has 0 unspecified atom stereocenters. The van der Waals surface area contributed by atoms with Crippen LogP contribution in [0.5, 0.6) is 0 Å². The fourth-order valence-corrected chi connectivity index (χ4v) is 2.32. The van der Waals surface area contributed by atoms with E-state index in [2.05, 4.69) is 10.3 Å². The van der Waals surface area contributed by atoms with Crippen LogP contribution in [0.2, 0.25) is 5.02 Å². The number of carbonyl (C=O) groups excluding carboxylic acids is 1. The summed E-state index contributed by atoms with van der Waals surface area (Å²) in [5, 5.41) is 17.4. The van der Waals surface area contributed by atoms with E-state index in [1.54, 1.807) is 45.2 Å². The smallest absolute Gasteiger partial charge is 0.308 e. The van der Waals surface area contributed by atoms with Crippen LogP contribution < -0.4 is 0 Å². The Morgan fingerprint density at radius 3 is 2.74 bits per heavy atom. The summed E-state index contributed by atoms with van der Waals surface area (Å²) >= 11 is 5.96. The predicted molar refractivity (Wildman–Crippen MR) is 84.9 cm³/mol. The molecule has 1 N–H and O–H groups in total. The largest absolute Gasteiger partial charge is 0.481 e. The van der Waals surface area contributed by atoms with Crippen molar-refractivity contribution in [2.75, 3.05) is 13.6 Å². The molecule has 0 radical (unpaired) electrons. The quantitative estimate of drug-likeness (QED) is 0.902. The van der Waals surface area contributed by atoms with Gasteiger partial charge in [0.1, 0.15) is 0 Å². The van der Waals surface area contributed by atoms with Gasteiger partial charge in [-0.1, -0.05) is 29.8 Å². The lowest BCUT2D eigenvalue weighted by atomic mass is 10.1. The van der Waals surface area contributed by atoms with Gasteiger partial charge in [-0.05, 0) is 25.1 Å². The molecule has 0 aliphatic heterocycles. The Hall–Kier alpha value is -2.41. The number of amides is 1. The second-order valence-electron chi connectivity index (χ2n) is 5.34. The third-order valence-corrected chi connectivity index (χ3v) is 3.70. The van der Waals surface area contributed by atoms with Gasteiger partial charge in [0.05, 0.1) is 17.3 Å². The van der Waals surface area contributed by atoms with Crippen LogP contribution in [0.1, 0.15) is 23.1 Å². The van der Waals surface area contributed by atoms with Crippen molar-refractivity contribution in [1.82, 2.24) is 19.9 Å². The van der Waals surface area contributed by atoms with E-state index in [0.717, 1.165) is 0 Å². The van der Waals surface area contributed by atoms with Crippen LogP contribution >= 0.6 is 11.6 Å². The molecule has 1 aromatic carbocycles. The molecule has 1 aromatic heterocycles. The van der Waals surface area contributed by atoms with Crippen LogP contribution in [0.3, 0.4) is 0 Å². The van der Waals surface area contributed by atoms with Crippen molar-refractivity contribution in [1.29, 1.82) is 0 Å². The molecule has 1 heterocycles. The molecule has 1 amide bonds. The lowest BCUT2D eigenvalue weighted by molar-refractivity contribution is -0.141. The zero-order valence-electron chi connectivity index (χ0n) is 13.0. The van der Waals surface area contributed by atoms with Crippen molar-refractivity contribution in [3.63, 3.8) is 0 Å². The number of benzene rings is 1. The highest BCUT2D eigenvalue weighted by atomic mass is 35.5. The van der Waals surface area contributed by atoms with Gasteiger partial charge in [0.25, 0.3) is 5.91 Å². The second kappa shape index (κ2) is 6.78. The van der Waals surface area contributed by atoms with Gasteiger partial charge in [0.15, 0.2) is 5.69 Å². The maximum absolute atomic E-state index is 12.4. The van der Waals surface area contributed by atoms with Crippen molar-refractivity contribution < 1.29 is 14.7 Å². The van der Waals surface area contributed by atoms with Gasteiger partial charge < -0.3 is 10.0 Å². The summed E-state index contributed by atoms with van der Waals surface area (Å²) in [6.07, 6.45) is 0. The Morgan fingerprint density at radius 2 is 2.13 bits per heavy atom. The Balaban J connectivity index is 2.25. The van der Waals surface area contributed by atoms with E-state index >= 15 is 0 Å². The molecule has 122 valence electrons. The minimum atomic E-state index is -0.955. The van der Waals surface area contributed by atoms with Gasteiger partial charge in [-0.2, -0.15) is 0 Å². The molecule has 7 nitrogen and oxygen atoms in total. The number of carboxylic acid groups (broad SMARTS) is 1. The first-order valence-electron chi connectivity index (χ1n) is 6.97. The number of nitrogens with zero attached hydrogens (tertiary/aromatic N) is 4. The van der Waals surface area contributed by atoms with Crippen LogP contribution in [-0.4, -0.2) is 50.5 Å². The molecule has 1 atom stereocenters.